The van der Waals surface area contributed by atoms with Crippen LogP contribution in [0, 0.1) is 0 Å². The number of rotatable bonds is 8. The topological polar surface area (TPSA) is 142 Å². The number of aldehydes is 1. The summed E-state index contributed by atoms with van der Waals surface area (Å²) in [7, 11) is 0. The Balaban J connectivity index is 1.68. The molecule has 2 aliphatic heterocycles. The number of piperidine rings is 1. The minimum Gasteiger partial charge on any atom is -0.383 e. The number of carbonyl (C=O) groups is 6. The van der Waals surface area contributed by atoms with E-state index in [0.29, 0.717) is 18.5 Å². The predicted octanol–water partition coefficient (Wildman–Crippen LogP) is -0.405. The fraction of sp³-hybridized carbons (Fsp3) is 0.368. The Kier molecular flexibility index (Phi) is 6.01. The lowest BCUT2D eigenvalue weighted by Crippen LogP contribution is -2.54. The van der Waals surface area contributed by atoms with Crippen molar-refractivity contribution < 1.29 is 28.8 Å². The second-order valence-corrected chi connectivity index (χ2v) is 6.66. The molecule has 1 saturated heterocycles. The van der Waals surface area contributed by atoms with E-state index in [0.717, 1.165) is 4.90 Å². The van der Waals surface area contributed by atoms with Crippen LogP contribution in [0.1, 0.15) is 46.4 Å². The number of hydrogen-bond donors (Lipinski definition) is 3. The zero-order chi connectivity index (χ0) is 21.0. The first-order valence-corrected chi connectivity index (χ1v) is 9.23. The number of carbonyl (C=O) groups excluding carboxylic acids is 6. The van der Waals surface area contributed by atoms with Gasteiger partial charge in [0.05, 0.1) is 11.1 Å². The molecule has 3 rings (SSSR count). The van der Waals surface area contributed by atoms with E-state index in [1.807, 2.05) is 0 Å². The summed E-state index contributed by atoms with van der Waals surface area (Å²) < 4.78 is 0. The van der Waals surface area contributed by atoms with Crippen molar-refractivity contribution in [2.75, 3.05) is 18.4 Å². The summed E-state index contributed by atoms with van der Waals surface area (Å²) in [6.07, 6.45) is 1.07. The molecular formula is C19H20N4O6. The Labute approximate surface area is 166 Å². The molecule has 2 aliphatic rings. The van der Waals surface area contributed by atoms with Gasteiger partial charge in [-0.2, -0.15) is 0 Å². The van der Waals surface area contributed by atoms with E-state index in [2.05, 4.69) is 16.0 Å². The molecule has 1 unspecified atom stereocenters. The summed E-state index contributed by atoms with van der Waals surface area (Å²) in [6.45, 7) is 0.559. The Morgan fingerprint density at radius 2 is 1.97 bits per heavy atom. The molecule has 1 atom stereocenters. The van der Waals surface area contributed by atoms with Gasteiger partial charge in [-0.1, -0.05) is 6.07 Å². The summed E-state index contributed by atoms with van der Waals surface area (Å²) >= 11 is 0. The van der Waals surface area contributed by atoms with Crippen LogP contribution >= 0.6 is 0 Å². The van der Waals surface area contributed by atoms with Crippen LogP contribution < -0.4 is 16.0 Å². The number of nitrogens with zero attached hydrogens (tertiary/aromatic N) is 1. The molecule has 29 heavy (non-hydrogen) atoms. The molecule has 1 aromatic carbocycles. The molecule has 1 fully saturated rings. The maximum absolute atomic E-state index is 12.9. The van der Waals surface area contributed by atoms with E-state index < -0.39 is 29.7 Å². The van der Waals surface area contributed by atoms with Crippen LogP contribution in [0.15, 0.2) is 18.2 Å². The van der Waals surface area contributed by atoms with E-state index in [1.165, 1.54) is 6.07 Å². The molecule has 0 radical (unpaired) electrons. The lowest BCUT2D eigenvalue weighted by Gasteiger charge is -2.27. The summed E-state index contributed by atoms with van der Waals surface area (Å²) in [5.41, 5.74) is 0.756. The second-order valence-electron chi connectivity index (χ2n) is 6.66. The first-order chi connectivity index (χ1) is 13.9. The van der Waals surface area contributed by atoms with Crippen LogP contribution in [-0.2, 0) is 19.2 Å². The average Bonchev–Trinajstić information content (AvgIpc) is 2.95. The zero-order valence-corrected chi connectivity index (χ0v) is 15.5. The molecule has 10 heteroatoms. The molecule has 0 aliphatic carbocycles. The largest absolute Gasteiger partial charge is 0.383 e. The van der Waals surface area contributed by atoms with Crippen LogP contribution in [0.2, 0.25) is 0 Å². The van der Waals surface area contributed by atoms with Crippen LogP contribution in [0.25, 0.3) is 0 Å². The molecule has 152 valence electrons. The van der Waals surface area contributed by atoms with Gasteiger partial charge in [-0.3, -0.25) is 34.2 Å². The Bertz CT molecular complexity index is 897. The molecule has 0 saturated carbocycles. The number of nitrogens with one attached hydrogen (secondary N) is 3. The maximum atomic E-state index is 12.9. The number of anilines is 1. The monoisotopic (exact) mass is 400 g/mol. The van der Waals surface area contributed by atoms with Crippen LogP contribution in [-0.4, -0.2) is 59.9 Å². The molecule has 0 spiro atoms. The molecule has 0 bridgehead atoms. The highest BCUT2D eigenvalue weighted by Gasteiger charge is 2.45. The number of hydrogen-bond acceptors (Lipinski definition) is 7. The van der Waals surface area contributed by atoms with Crippen molar-refractivity contribution in [2.45, 2.75) is 31.7 Å². The fourth-order valence-corrected chi connectivity index (χ4v) is 3.34. The summed E-state index contributed by atoms with van der Waals surface area (Å²) in [4.78, 5) is 71.8. The van der Waals surface area contributed by atoms with E-state index in [4.69, 9.17) is 0 Å². The van der Waals surface area contributed by atoms with E-state index in [1.54, 1.807) is 12.1 Å². The minimum absolute atomic E-state index is 0.0543. The summed E-state index contributed by atoms with van der Waals surface area (Å²) in [5.74, 6) is -2.53. The molecule has 2 heterocycles. The third-order valence-corrected chi connectivity index (χ3v) is 4.72. The van der Waals surface area contributed by atoms with Gasteiger partial charge in [0.1, 0.15) is 12.3 Å². The quantitative estimate of drug-likeness (QED) is 0.306. The first-order valence-electron chi connectivity index (χ1n) is 9.23. The van der Waals surface area contributed by atoms with Crippen molar-refractivity contribution in [3.05, 3.63) is 29.3 Å². The summed E-state index contributed by atoms with van der Waals surface area (Å²) in [6, 6.07) is 3.73. The number of benzene rings is 1. The number of amides is 5. The van der Waals surface area contributed by atoms with E-state index >= 15 is 0 Å². The SMILES string of the molecule is O=CCCC(=O)NCCNc1cccc2c1C(=O)N(C1CCC(=O)NC1=O)C2=O. The highest BCUT2D eigenvalue weighted by atomic mass is 16.2. The molecule has 1 aromatic rings. The normalized spacial score (nSPS) is 18.3. The van der Waals surface area contributed by atoms with Gasteiger partial charge in [-0.05, 0) is 18.6 Å². The van der Waals surface area contributed by atoms with Gasteiger partial charge < -0.3 is 15.4 Å². The van der Waals surface area contributed by atoms with Crippen LogP contribution in [0.3, 0.4) is 0 Å². The third kappa shape index (κ3) is 4.15. The molecule has 3 N–H and O–H groups in total. The van der Waals surface area contributed by atoms with Gasteiger partial charge in [0, 0.05) is 38.0 Å². The Morgan fingerprint density at radius 3 is 2.69 bits per heavy atom. The standard InChI is InChI=1S/C19H20N4O6/c24-10-2-5-14(25)21-9-8-20-12-4-1-3-11-16(12)19(29)23(18(11)28)13-6-7-15(26)22-17(13)27/h1,3-4,10,13,20H,2,5-9H2,(H,21,25)(H,22,26,27). The van der Waals surface area contributed by atoms with Gasteiger partial charge in [-0.25, -0.2) is 0 Å². The van der Waals surface area contributed by atoms with Gasteiger partial charge in [-0.15, -0.1) is 0 Å². The minimum atomic E-state index is -1.02. The van der Waals surface area contributed by atoms with Crippen LogP contribution in [0.5, 0.6) is 0 Å². The highest BCUT2D eigenvalue weighted by molar-refractivity contribution is 6.25. The zero-order valence-electron chi connectivity index (χ0n) is 15.5. The molecular weight excluding hydrogens is 380 g/mol. The van der Waals surface area contributed by atoms with Crippen molar-refractivity contribution in [1.29, 1.82) is 0 Å². The lowest BCUT2D eigenvalue weighted by molar-refractivity contribution is -0.136. The van der Waals surface area contributed by atoms with E-state index in [9.17, 15) is 28.8 Å². The smallest absolute Gasteiger partial charge is 0.264 e. The Morgan fingerprint density at radius 1 is 1.17 bits per heavy atom. The van der Waals surface area contributed by atoms with Crippen molar-refractivity contribution in [3.8, 4) is 0 Å². The van der Waals surface area contributed by atoms with Crippen molar-refractivity contribution >= 4 is 41.5 Å². The fourth-order valence-electron chi connectivity index (χ4n) is 3.34. The molecule has 0 aromatic heterocycles. The first kappa shape index (κ1) is 20.2. The maximum Gasteiger partial charge on any atom is 0.264 e. The Hall–Kier alpha value is -3.56. The van der Waals surface area contributed by atoms with Gasteiger partial charge >= 0.3 is 0 Å². The van der Waals surface area contributed by atoms with E-state index in [-0.39, 0.29) is 49.3 Å². The van der Waals surface area contributed by atoms with Crippen molar-refractivity contribution in [3.63, 3.8) is 0 Å². The van der Waals surface area contributed by atoms with Gasteiger partial charge in [0.15, 0.2) is 0 Å². The second kappa shape index (κ2) is 8.63. The van der Waals surface area contributed by atoms with Crippen molar-refractivity contribution in [2.24, 2.45) is 0 Å². The molecule has 5 amide bonds. The molecule has 10 nitrogen and oxygen atoms in total. The highest BCUT2D eigenvalue weighted by Crippen LogP contribution is 2.32. The van der Waals surface area contributed by atoms with Gasteiger partial charge in [0.25, 0.3) is 11.8 Å². The summed E-state index contributed by atoms with van der Waals surface area (Å²) in [5, 5.41) is 7.80. The third-order valence-electron chi connectivity index (χ3n) is 4.72. The van der Waals surface area contributed by atoms with Crippen LogP contribution in [0.4, 0.5) is 5.69 Å². The van der Waals surface area contributed by atoms with Crippen molar-refractivity contribution in [1.82, 2.24) is 15.5 Å². The lowest BCUT2D eigenvalue weighted by atomic mass is 10.0. The van der Waals surface area contributed by atoms with Gasteiger partial charge in [0.2, 0.25) is 17.7 Å². The average molecular weight is 400 g/mol. The number of imide groups is 2. The number of fused-ring (bicyclic) bond motifs is 1. The predicted molar refractivity (Wildman–Crippen MR) is 99.9 cm³/mol.